The van der Waals surface area contributed by atoms with Crippen LogP contribution in [0.1, 0.15) is 78.4 Å². The zero-order valence-electron chi connectivity index (χ0n) is 34.6. The van der Waals surface area contributed by atoms with E-state index in [0.29, 0.717) is 56.0 Å². The van der Waals surface area contributed by atoms with E-state index in [0.717, 1.165) is 47.1 Å². The Labute approximate surface area is 357 Å². The standard InChI is InChI=1S/C46H50F3N9O4/c1-28-25-58(38-9-8-32(23-34(28)38)57-18-12-41(60)51-45(57)62)31-10-16-54(17-11-31)27-46(49)13-19-55(20-14-46)44(61)30-21-35(47)42(36(48)22-30)29-5-4-15-56(26-29)39-24-37(52-53-43(39)50)33-6-2-3-7-40(33)59/h2-3,6-9,21-25,29,31,59H,4-5,10-20,26-27H2,1H3,(H2,50,53)(H,51,60,62)/t29-/m0/s1. The summed E-state index contributed by atoms with van der Waals surface area (Å²) in [6.07, 6.45) is 5.49. The number of hydrogen-bond donors (Lipinski definition) is 3. The number of imide groups is 1. The van der Waals surface area contributed by atoms with Crippen molar-refractivity contribution < 1.29 is 32.7 Å². The van der Waals surface area contributed by atoms with Crippen molar-refractivity contribution in [2.75, 3.05) is 67.9 Å². The Hall–Kier alpha value is -6.16. The third-order valence-electron chi connectivity index (χ3n) is 13.3. The minimum atomic E-state index is -1.49. The van der Waals surface area contributed by atoms with E-state index < -0.39 is 35.2 Å². The number of nitrogens with two attached hydrogens (primary N) is 1. The van der Waals surface area contributed by atoms with Crippen molar-refractivity contribution in [1.29, 1.82) is 0 Å². The summed E-state index contributed by atoms with van der Waals surface area (Å²) >= 11 is 0. The molecular weight excluding hydrogens is 800 g/mol. The molecule has 2 aromatic heterocycles. The molecule has 0 bridgehead atoms. The Morgan fingerprint density at radius 3 is 2.40 bits per heavy atom. The number of urea groups is 1. The first-order chi connectivity index (χ1) is 29.8. The van der Waals surface area contributed by atoms with Crippen LogP contribution >= 0.6 is 0 Å². The number of hydrogen-bond acceptors (Lipinski definition) is 9. The maximum absolute atomic E-state index is 16.4. The van der Waals surface area contributed by atoms with Gasteiger partial charge in [-0.2, -0.15) is 0 Å². The van der Waals surface area contributed by atoms with E-state index in [1.165, 1.54) is 4.90 Å². The fraction of sp³-hybridized carbons (Fsp3) is 0.413. The molecular formula is C46H50F3N9O4. The van der Waals surface area contributed by atoms with Gasteiger partial charge in [0.05, 0.1) is 11.4 Å². The number of rotatable bonds is 8. The normalized spacial score (nSPS) is 20.2. The number of aryl methyl sites for hydroxylation is 1. The number of alkyl halides is 1. The average molecular weight is 850 g/mol. The van der Waals surface area contributed by atoms with Gasteiger partial charge in [-0.05, 0) is 86.7 Å². The lowest BCUT2D eigenvalue weighted by molar-refractivity contribution is -0.120. The van der Waals surface area contributed by atoms with E-state index in [1.807, 2.05) is 30.0 Å². The molecule has 9 rings (SSSR count). The van der Waals surface area contributed by atoms with Gasteiger partial charge in [0.1, 0.15) is 23.1 Å². The number of nitrogen functional groups attached to an aromatic ring is 1. The predicted octanol–water partition coefficient (Wildman–Crippen LogP) is 7.08. The summed E-state index contributed by atoms with van der Waals surface area (Å²) in [5, 5.41) is 22.0. The number of aromatic hydroxyl groups is 1. The highest BCUT2D eigenvalue weighted by molar-refractivity contribution is 6.06. The SMILES string of the molecule is Cc1cn(C2CCN(CC3(F)CCN(C(=O)c4cc(F)c([C@H]5CCCN(c6cc(-c7ccccc7O)nnc6N)C5)c(F)c4)CC3)CC2)c2ccc(N3CCC(=O)NC3=O)cc12. The number of carbonyl (C=O) groups excluding carboxylic acids is 3. The second-order valence-corrected chi connectivity index (χ2v) is 17.3. The van der Waals surface area contributed by atoms with Crippen molar-refractivity contribution in [2.24, 2.45) is 0 Å². The maximum atomic E-state index is 16.4. The predicted molar refractivity (Wildman–Crippen MR) is 230 cm³/mol. The van der Waals surface area contributed by atoms with Crippen LogP contribution in [-0.4, -0.2) is 106 Å². The van der Waals surface area contributed by atoms with Crippen LogP contribution in [0.4, 0.5) is 35.2 Å². The molecule has 4 amide bonds. The Morgan fingerprint density at radius 1 is 0.935 bits per heavy atom. The van der Waals surface area contributed by atoms with Gasteiger partial charge in [0.15, 0.2) is 5.82 Å². The molecule has 0 radical (unpaired) electrons. The fourth-order valence-corrected chi connectivity index (χ4v) is 9.90. The van der Waals surface area contributed by atoms with E-state index in [-0.39, 0.29) is 80.1 Å². The monoisotopic (exact) mass is 849 g/mol. The van der Waals surface area contributed by atoms with Gasteiger partial charge in [-0.3, -0.25) is 19.8 Å². The van der Waals surface area contributed by atoms with E-state index in [2.05, 4.69) is 31.2 Å². The van der Waals surface area contributed by atoms with E-state index >= 15 is 13.2 Å². The number of carbonyl (C=O) groups is 3. The van der Waals surface area contributed by atoms with Crippen LogP contribution in [0.25, 0.3) is 22.2 Å². The Kier molecular flexibility index (Phi) is 11.0. The van der Waals surface area contributed by atoms with Crippen molar-refractivity contribution in [1.82, 2.24) is 29.9 Å². The summed E-state index contributed by atoms with van der Waals surface area (Å²) in [5.74, 6) is -2.71. The van der Waals surface area contributed by atoms with Crippen molar-refractivity contribution in [3.05, 3.63) is 95.2 Å². The molecule has 3 aromatic carbocycles. The summed E-state index contributed by atoms with van der Waals surface area (Å²) in [4.78, 5) is 44.9. The smallest absolute Gasteiger partial charge is 0.328 e. The van der Waals surface area contributed by atoms with Gasteiger partial charge in [-0.25, -0.2) is 18.0 Å². The number of phenolic OH excluding ortho intramolecular Hbond substituents is 1. The van der Waals surface area contributed by atoms with Crippen LogP contribution in [0, 0.1) is 18.6 Å². The lowest BCUT2D eigenvalue weighted by Gasteiger charge is -2.41. The second kappa shape index (κ2) is 16.6. The van der Waals surface area contributed by atoms with Crippen molar-refractivity contribution in [3.8, 4) is 17.0 Å². The van der Waals surface area contributed by atoms with Crippen LogP contribution in [-0.2, 0) is 4.79 Å². The van der Waals surface area contributed by atoms with Gasteiger partial charge >= 0.3 is 6.03 Å². The van der Waals surface area contributed by atoms with Crippen molar-refractivity contribution >= 4 is 45.9 Å². The van der Waals surface area contributed by atoms with Gasteiger partial charge in [0.25, 0.3) is 5.91 Å². The largest absolute Gasteiger partial charge is 0.507 e. The summed E-state index contributed by atoms with van der Waals surface area (Å²) in [6.45, 7) is 5.20. The number of fused-ring (bicyclic) bond motifs is 1. The molecule has 16 heteroatoms. The van der Waals surface area contributed by atoms with Gasteiger partial charge < -0.3 is 30.1 Å². The van der Waals surface area contributed by atoms with Crippen LogP contribution in [0.3, 0.4) is 0 Å². The molecule has 62 heavy (non-hydrogen) atoms. The number of aromatic nitrogens is 3. The first-order valence-corrected chi connectivity index (χ1v) is 21.4. The van der Waals surface area contributed by atoms with E-state index in [1.54, 1.807) is 35.2 Å². The summed E-state index contributed by atoms with van der Waals surface area (Å²) < 4.78 is 50.4. The molecule has 4 aliphatic heterocycles. The molecule has 6 heterocycles. The highest BCUT2D eigenvalue weighted by atomic mass is 19.1. The van der Waals surface area contributed by atoms with Crippen molar-refractivity contribution in [2.45, 2.75) is 69.5 Å². The van der Waals surface area contributed by atoms with Gasteiger partial charge in [-0.15, -0.1) is 10.2 Å². The maximum Gasteiger partial charge on any atom is 0.328 e. The molecule has 4 N–H and O–H groups in total. The van der Waals surface area contributed by atoms with E-state index in [4.69, 9.17) is 5.73 Å². The number of amides is 4. The number of piperidine rings is 3. The third kappa shape index (κ3) is 8.03. The summed E-state index contributed by atoms with van der Waals surface area (Å²) in [6, 6.07) is 16.4. The molecule has 0 saturated carbocycles. The molecule has 1 atom stereocenters. The number of anilines is 3. The first kappa shape index (κ1) is 41.2. The molecule has 5 aromatic rings. The summed E-state index contributed by atoms with van der Waals surface area (Å²) in [7, 11) is 0. The molecule has 324 valence electrons. The Bertz CT molecular complexity index is 2530. The second-order valence-electron chi connectivity index (χ2n) is 17.3. The molecule has 4 fully saturated rings. The topological polar surface area (TPSA) is 153 Å². The average Bonchev–Trinajstić information content (AvgIpc) is 3.59. The quantitative estimate of drug-likeness (QED) is 0.149. The number of likely N-dealkylation sites (tertiary alicyclic amines) is 2. The van der Waals surface area contributed by atoms with Gasteiger partial charge in [-0.1, -0.05) is 12.1 Å². The highest BCUT2D eigenvalue weighted by Crippen LogP contribution is 2.39. The minimum absolute atomic E-state index is 0.0395. The number of benzene rings is 3. The van der Waals surface area contributed by atoms with E-state index in [9.17, 15) is 19.5 Å². The zero-order chi connectivity index (χ0) is 43.3. The van der Waals surface area contributed by atoms with Crippen LogP contribution in [0.2, 0.25) is 0 Å². The molecule has 0 aliphatic carbocycles. The molecule has 4 aliphatic rings. The van der Waals surface area contributed by atoms with Crippen LogP contribution in [0.15, 0.2) is 66.9 Å². The fourth-order valence-electron chi connectivity index (χ4n) is 9.90. The zero-order valence-corrected chi connectivity index (χ0v) is 34.6. The molecule has 0 unspecified atom stereocenters. The Balaban J connectivity index is 0.795. The van der Waals surface area contributed by atoms with Gasteiger partial charge in [0, 0.05) is 123 Å². The number of halogens is 3. The van der Waals surface area contributed by atoms with Crippen molar-refractivity contribution in [3.63, 3.8) is 0 Å². The highest BCUT2D eigenvalue weighted by Gasteiger charge is 2.39. The van der Waals surface area contributed by atoms with Crippen LogP contribution < -0.4 is 20.9 Å². The lowest BCUT2D eigenvalue weighted by atomic mass is 9.88. The Morgan fingerprint density at radius 2 is 1.68 bits per heavy atom. The minimum Gasteiger partial charge on any atom is -0.507 e. The lowest BCUT2D eigenvalue weighted by Crippen LogP contribution is -2.51. The van der Waals surface area contributed by atoms with Gasteiger partial charge in [0.2, 0.25) is 5.91 Å². The van der Waals surface area contributed by atoms with Crippen LogP contribution in [0.5, 0.6) is 5.75 Å². The first-order valence-electron chi connectivity index (χ1n) is 21.4. The molecule has 13 nitrogen and oxygen atoms in total. The summed E-state index contributed by atoms with van der Waals surface area (Å²) in [5.41, 5.74) is 8.90. The molecule has 4 saturated heterocycles. The molecule has 0 spiro atoms. The number of para-hydroxylation sites is 1. The number of nitrogens with zero attached hydrogens (tertiary/aromatic N) is 7. The third-order valence-corrected chi connectivity index (χ3v) is 13.3. The number of nitrogens with one attached hydrogen (secondary N) is 1. The number of phenols is 1.